The molecule has 0 aromatic heterocycles. The van der Waals surface area contributed by atoms with Gasteiger partial charge in [-0.05, 0) is 62.6 Å². The largest absolute Gasteiger partial charge is 0.508 e. The summed E-state index contributed by atoms with van der Waals surface area (Å²) in [5.41, 5.74) is 1.82. The van der Waals surface area contributed by atoms with Crippen molar-refractivity contribution in [3.63, 3.8) is 0 Å². The van der Waals surface area contributed by atoms with E-state index in [1.807, 2.05) is 12.1 Å². The Bertz CT molecular complexity index is 825. The van der Waals surface area contributed by atoms with Gasteiger partial charge >= 0.3 is 5.97 Å². The summed E-state index contributed by atoms with van der Waals surface area (Å²) in [5.74, 6) is 0.201. The number of halogens is 1. The van der Waals surface area contributed by atoms with Gasteiger partial charge in [0.05, 0.1) is 0 Å². The van der Waals surface area contributed by atoms with Crippen LogP contribution in [0.3, 0.4) is 0 Å². The number of phenols is 1. The van der Waals surface area contributed by atoms with E-state index in [9.17, 15) is 15.0 Å². The quantitative estimate of drug-likeness (QED) is 0.322. The van der Waals surface area contributed by atoms with Gasteiger partial charge in [-0.25, -0.2) is 4.79 Å². The van der Waals surface area contributed by atoms with E-state index >= 15 is 0 Å². The van der Waals surface area contributed by atoms with Gasteiger partial charge in [-0.1, -0.05) is 55.1 Å². The maximum atomic E-state index is 11.6. The summed E-state index contributed by atoms with van der Waals surface area (Å²) in [4.78, 5) is 11.6. The molecule has 2 aliphatic rings. The molecule has 0 radical (unpaired) electrons. The molecule has 2 atom stereocenters. The van der Waals surface area contributed by atoms with Gasteiger partial charge in [-0.15, -0.1) is 0 Å². The molecule has 2 N–H and O–H groups in total. The Hall–Kier alpha value is -1.49. The number of aliphatic carboxylic acids is 1. The summed E-state index contributed by atoms with van der Waals surface area (Å²) >= 11 is 3.49. The van der Waals surface area contributed by atoms with Crippen LogP contribution in [0.5, 0.6) is 11.5 Å². The number of hydrogen-bond donors (Lipinski definition) is 2. The lowest BCUT2D eigenvalue weighted by atomic mass is 9.66. The van der Waals surface area contributed by atoms with Gasteiger partial charge < -0.3 is 14.9 Å². The van der Waals surface area contributed by atoms with Crippen LogP contribution in [0.2, 0.25) is 0 Å². The normalized spacial score (nSPS) is 22.5. The summed E-state index contributed by atoms with van der Waals surface area (Å²) in [5, 5.41) is 21.6. The summed E-state index contributed by atoms with van der Waals surface area (Å²) < 4.78 is 6.42. The molecule has 1 aliphatic heterocycles. The molecule has 0 saturated carbocycles. The molecular formula is C25H35BrO4. The number of ether oxygens (including phenoxy) is 1. The van der Waals surface area contributed by atoms with Crippen molar-refractivity contribution < 1.29 is 19.7 Å². The molecule has 0 bridgehead atoms. The highest BCUT2D eigenvalue weighted by Gasteiger charge is 2.47. The van der Waals surface area contributed by atoms with E-state index in [4.69, 9.17) is 4.74 Å². The standard InChI is InChI=1S/C25H35BrO4/c1-24(2,11-7-5-6-8-12-26)17-14-20(27)22-18-13-16(23(28)29)9-10-19(18)25(3,4)30-21(22)15-17/h9,14-15,18-19,27H,5-8,10-13H2,1-4H3,(H,28,29)/t18-,19+/m0/s1. The lowest BCUT2D eigenvalue weighted by Gasteiger charge is -2.47. The molecule has 1 aromatic carbocycles. The highest BCUT2D eigenvalue weighted by molar-refractivity contribution is 9.09. The average Bonchev–Trinajstić information content (AvgIpc) is 2.66. The Morgan fingerprint density at radius 1 is 1.23 bits per heavy atom. The van der Waals surface area contributed by atoms with Gasteiger partial charge in [-0.3, -0.25) is 0 Å². The number of phenolic OH excluding ortho intramolecular Hbond substituents is 1. The van der Waals surface area contributed by atoms with Crippen LogP contribution < -0.4 is 4.74 Å². The molecule has 0 saturated heterocycles. The van der Waals surface area contributed by atoms with Crippen LogP contribution in [0.1, 0.15) is 89.7 Å². The van der Waals surface area contributed by atoms with Gasteiger partial charge in [-0.2, -0.15) is 0 Å². The van der Waals surface area contributed by atoms with Crippen molar-refractivity contribution in [2.45, 2.75) is 89.6 Å². The number of rotatable bonds is 8. The van der Waals surface area contributed by atoms with Crippen LogP contribution in [-0.2, 0) is 10.2 Å². The first-order chi connectivity index (χ1) is 14.1. The molecule has 3 rings (SSSR count). The third-order valence-corrected chi connectivity index (χ3v) is 7.60. The van der Waals surface area contributed by atoms with Gasteiger partial charge in [0.15, 0.2) is 0 Å². The number of carboxylic acid groups (broad SMARTS) is 1. The number of hydrogen-bond acceptors (Lipinski definition) is 3. The minimum absolute atomic E-state index is 0.0405. The minimum atomic E-state index is -0.864. The van der Waals surface area contributed by atoms with Gasteiger partial charge in [0, 0.05) is 28.3 Å². The van der Waals surface area contributed by atoms with Crippen molar-refractivity contribution in [2.75, 3.05) is 5.33 Å². The third-order valence-electron chi connectivity index (χ3n) is 7.04. The molecule has 0 unspecified atom stereocenters. The molecule has 4 nitrogen and oxygen atoms in total. The van der Waals surface area contributed by atoms with Crippen LogP contribution >= 0.6 is 15.9 Å². The summed E-state index contributed by atoms with van der Waals surface area (Å²) in [6.07, 6.45) is 8.77. The number of carbonyl (C=O) groups is 1. The zero-order valence-electron chi connectivity index (χ0n) is 18.6. The number of aromatic hydroxyl groups is 1. The Kier molecular flexibility index (Phi) is 6.91. The van der Waals surface area contributed by atoms with E-state index in [2.05, 4.69) is 49.7 Å². The SMILES string of the molecule is CC(C)(CCCCCCBr)c1cc(O)c2c(c1)OC(C)(C)[C@@H]1CC=C(C(=O)O)C[C@H]21. The number of alkyl halides is 1. The average molecular weight is 479 g/mol. The van der Waals surface area contributed by atoms with Crippen LogP contribution in [0.4, 0.5) is 0 Å². The summed E-state index contributed by atoms with van der Waals surface area (Å²) in [6, 6.07) is 3.97. The molecule has 30 heavy (non-hydrogen) atoms. The first kappa shape index (κ1) is 23.2. The Labute approximate surface area is 188 Å². The molecule has 166 valence electrons. The lowest BCUT2D eigenvalue weighted by Crippen LogP contribution is -2.46. The van der Waals surface area contributed by atoms with E-state index in [-0.39, 0.29) is 23.0 Å². The fraction of sp³-hybridized carbons (Fsp3) is 0.640. The Morgan fingerprint density at radius 2 is 1.93 bits per heavy atom. The summed E-state index contributed by atoms with van der Waals surface area (Å²) in [6.45, 7) is 8.60. The molecule has 0 spiro atoms. The molecule has 5 heteroatoms. The monoisotopic (exact) mass is 478 g/mol. The number of carboxylic acids is 1. The molecule has 0 fully saturated rings. The van der Waals surface area contributed by atoms with Gasteiger partial charge in [0.25, 0.3) is 0 Å². The second kappa shape index (κ2) is 8.94. The van der Waals surface area contributed by atoms with E-state index in [0.29, 0.717) is 18.4 Å². The number of unbranched alkanes of at least 4 members (excludes halogenated alkanes) is 3. The first-order valence-electron chi connectivity index (χ1n) is 11.1. The highest BCUT2D eigenvalue weighted by Crippen LogP contribution is 2.55. The fourth-order valence-corrected chi connectivity index (χ4v) is 5.52. The predicted octanol–water partition coefficient (Wildman–Crippen LogP) is 6.69. The fourth-order valence-electron chi connectivity index (χ4n) is 5.12. The molecule has 0 amide bonds. The molecule has 1 aromatic rings. The molecule has 1 heterocycles. The molecule has 1 aliphatic carbocycles. The van der Waals surface area contributed by atoms with E-state index < -0.39 is 11.6 Å². The maximum Gasteiger partial charge on any atom is 0.331 e. The second-order valence-electron chi connectivity index (χ2n) is 10.0. The van der Waals surface area contributed by atoms with E-state index in [1.165, 1.54) is 19.3 Å². The third kappa shape index (κ3) is 4.71. The zero-order chi connectivity index (χ0) is 22.1. The van der Waals surface area contributed by atoms with Crippen LogP contribution in [0, 0.1) is 5.92 Å². The van der Waals surface area contributed by atoms with Crippen molar-refractivity contribution in [1.82, 2.24) is 0 Å². The Balaban J connectivity index is 1.89. The molecular weight excluding hydrogens is 444 g/mol. The van der Waals surface area contributed by atoms with Gasteiger partial charge in [0.2, 0.25) is 0 Å². The smallest absolute Gasteiger partial charge is 0.331 e. The zero-order valence-corrected chi connectivity index (χ0v) is 20.2. The van der Waals surface area contributed by atoms with Crippen LogP contribution in [0.15, 0.2) is 23.8 Å². The topological polar surface area (TPSA) is 66.8 Å². The van der Waals surface area contributed by atoms with Crippen LogP contribution in [0.25, 0.3) is 0 Å². The maximum absolute atomic E-state index is 11.6. The van der Waals surface area contributed by atoms with Crippen molar-refractivity contribution in [1.29, 1.82) is 0 Å². The number of benzene rings is 1. The van der Waals surface area contributed by atoms with Crippen molar-refractivity contribution >= 4 is 21.9 Å². The van der Waals surface area contributed by atoms with Crippen molar-refractivity contribution in [3.8, 4) is 11.5 Å². The highest BCUT2D eigenvalue weighted by atomic mass is 79.9. The van der Waals surface area contributed by atoms with E-state index in [1.54, 1.807) is 0 Å². The summed E-state index contributed by atoms with van der Waals surface area (Å²) in [7, 11) is 0. The van der Waals surface area contributed by atoms with Crippen molar-refractivity contribution in [3.05, 3.63) is 34.9 Å². The predicted molar refractivity (Wildman–Crippen MR) is 124 cm³/mol. The van der Waals surface area contributed by atoms with Gasteiger partial charge in [0.1, 0.15) is 17.1 Å². The Morgan fingerprint density at radius 3 is 2.60 bits per heavy atom. The van der Waals surface area contributed by atoms with Crippen LogP contribution in [-0.4, -0.2) is 27.1 Å². The second-order valence-corrected chi connectivity index (χ2v) is 10.8. The number of fused-ring (bicyclic) bond motifs is 3. The number of allylic oxidation sites excluding steroid dienone is 1. The lowest BCUT2D eigenvalue weighted by molar-refractivity contribution is -0.133. The van der Waals surface area contributed by atoms with E-state index in [0.717, 1.165) is 35.0 Å². The van der Waals surface area contributed by atoms with Crippen molar-refractivity contribution in [2.24, 2.45) is 5.92 Å². The first-order valence-corrected chi connectivity index (χ1v) is 12.2. The minimum Gasteiger partial charge on any atom is -0.508 e.